The first-order valence-corrected chi connectivity index (χ1v) is 6.50. The Balaban J connectivity index is 2.26. The van der Waals surface area contributed by atoms with Gasteiger partial charge in [0.1, 0.15) is 0 Å². The van der Waals surface area contributed by atoms with Crippen molar-refractivity contribution in [1.29, 1.82) is 0 Å². The molecule has 0 unspecified atom stereocenters. The maximum absolute atomic E-state index is 5.99. The van der Waals surface area contributed by atoms with Crippen LogP contribution in [0.5, 0.6) is 0 Å². The van der Waals surface area contributed by atoms with Crippen LogP contribution in [-0.4, -0.2) is 25.0 Å². The van der Waals surface area contributed by atoms with Crippen molar-refractivity contribution in [2.45, 2.75) is 37.3 Å². The monoisotopic (exact) mass is 224 g/mol. The van der Waals surface area contributed by atoms with Gasteiger partial charge in [0.15, 0.2) is 0 Å². The Bertz CT molecular complexity index is 297. The molecule has 0 aromatic carbocycles. The van der Waals surface area contributed by atoms with E-state index >= 15 is 0 Å². The summed E-state index contributed by atoms with van der Waals surface area (Å²) in [6.07, 6.45) is 4.69. The first-order valence-electron chi connectivity index (χ1n) is 5.62. The van der Waals surface area contributed by atoms with Crippen LogP contribution in [0.25, 0.3) is 0 Å². The van der Waals surface area contributed by atoms with E-state index < -0.39 is 0 Å². The zero-order valence-electron chi connectivity index (χ0n) is 9.57. The van der Waals surface area contributed by atoms with Gasteiger partial charge in [-0.2, -0.15) is 0 Å². The van der Waals surface area contributed by atoms with Gasteiger partial charge >= 0.3 is 0 Å². The van der Waals surface area contributed by atoms with E-state index in [9.17, 15) is 0 Å². The minimum absolute atomic E-state index is 0.254. The highest BCUT2D eigenvalue weighted by molar-refractivity contribution is 7.10. The fraction of sp³-hybridized carbons (Fsp3) is 0.667. The van der Waals surface area contributed by atoms with Crippen LogP contribution in [-0.2, 0) is 5.54 Å². The lowest BCUT2D eigenvalue weighted by atomic mass is 9.78. The van der Waals surface area contributed by atoms with Crippen LogP contribution in [0.1, 0.15) is 30.6 Å². The Hall–Kier alpha value is -0.380. The van der Waals surface area contributed by atoms with Crippen molar-refractivity contribution in [2.24, 2.45) is 5.73 Å². The molecule has 1 aliphatic carbocycles. The van der Waals surface area contributed by atoms with Crippen molar-refractivity contribution in [1.82, 2.24) is 4.90 Å². The highest BCUT2D eigenvalue weighted by Gasteiger charge is 2.38. The predicted octanol–water partition coefficient (Wildman–Crippen LogP) is 2.41. The molecule has 0 spiro atoms. The first-order chi connectivity index (χ1) is 7.15. The molecule has 1 saturated carbocycles. The van der Waals surface area contributed by atoms with Gasteiger partial charge in [-0.05, 0) is 51.2 Å². The molecular formula is C12H20N2S. The number of nitrogens with zero attached hydrogens (tertiary/aromatic N) is 1. The fourth-order valence-corrected chi connectivity index (χ4v) is 3.64. The van der Waals surface area contributed by atoms with Gasteiger partial charge in [0.25, 0.3) is 0 Å². The van der Waals surface area contributed by atoms with Gasteiger partial charge in [0, 0.05) is 10.9 Å². The second-order valence-electron chi connectivity index (χ2n) is 4.74. The molecule has 1 aromatic rings. The van der Waals surface area contributed by atoms with Gasteiger partial charge in [-0.1, -0.05) is 6.07 Å². The third-order valence-electron chi connectivity index (χ3n) is 3.69. The van der Waals surface area contributed by atoms with E-state index in [-0.39, 0.29) is 5.54 Å². The van der Waals surface area contributed by atoms with Crippen LogP contribution in [0.2, 0.25) is 0 Å². The van der Waals surface area contributed by atoms with E-state index in [1.165, 1.54) is 17.7 Å². The lowest BCUT2D eigenvalue weighted by Gasteiger charge is -2.44. The molecule has 1 aromatic heterocycles. The molecule has 15 heavy (non-hydrogen) atoms. The van der Waals surface area contributed by atoms with Gasteiger partial charge in [-0.15, -0.1) is 11.3 Å². The van der Waals surface area contributed by atoms with Crippen molar-refractivity contribution >= 4 is 11.3 Å². The molecule has 0 bridgehead atoms. The largest absolute Gasteiger partial charge is 0.328 e. The molecule has 1 heterocycles. The van der Waals surface area contributed by atoms with Gasteiger partial charge in [-0.3, -0.25) is 4.90 Å². The van der Waals surface area contributed by atoms with Gasteiger partial charge in [0.2, 0.25) is 0 Å². The van der Waals surface area contributed by atoms with Crippen molar-refractivity contribution in [3.05, 3.63) is 22.4 Å². The van der Waals surface area contributed by atoms with Crippen LogP contribution in [0.3, 0.4) is 0 Å². The zero-order chi connectivity index (χ0) is 10.9. The normalized spacial score (nSPS) is 32.1. The minimum atomic E-state index is 0.254. The summed E-state index contributed by atoms with van der Waals surface area (Å²) in [7, 11) is 4.38. The lowest BCUT2D eigenvalue weighted by Crippen LogP contribution is -2.46. The summed E-state index contributed by atoms with van der Waals surface area (Å²) >= 11 is 1.88. The Labute approximate surface area is 96.1 Å². The van der Waals surface area contributed by atoms with Crippen LogP contribution >= 0.6 is 11.3 Å². The molecule has 1 aliphatic rings. The second-order valence-corrected chi connectivity index (χ2v) is 5.69. The maximum Gasteiger partial charge on any atom is 0.0549 e. The van der Waals surface area contributed by atoms with Crippen molar-refractivity contribution in [3.8, 4) is 0 Å². The molecule has 2 N–H and O–H groups in total. The summed E-state index contributed by atoms with van der Waals surface area (Å²) in [6.45, 7) is 0. The molecule has 0 saturated heterocycles. The first kappa shape index (κ1) is 11.1. The SMILES string of the molecule is CN(C)C1(c2cccs2)CCC(N)CC1. The van der Waals surface area contributed by atoms with E-state index in [1.54, 1.807) is 0 Å². The molecule has 0 radical (unpaired) electrons. The summed E-state index contributed by atoms with van der Waals surface area (Å²) in [5.41, 5.74) is 6.25. The fourth-order valence-electron chi connectivity index (χ4n) is 2.58. The summed E-state index contributed by atoms with van der Waals surface area (Å²) in [5, 5.41) is 2.18. The van der Waals surface area contributed by atoms with E-state index in [0.717, 1.165) is 12.8 Å². The number of hydrogen-bond acceptors (Lipinski definition) is 3. The Morgan fingerprint density at radius 1 is 1.40 bits per heavy atom. The molecular weight excluding hydrogens is 204 g/mol. The van der Waals surface area contributed by atoms with Gasteiger partial charge in [-0.25, -0.2) is 0 Å². The molecule has 2 nitrogen and oxygen atoms in total. The summed E-state index contributed by atoms with van der Waals surface area (Å²) in [4.78, 5) is 3.88. The Kier molecular flexibility index (Phi) is 3.14. The summed E-state index contributed by atoms with van der Waals surface area (Å²) in [5.74, 6) is 0. The third-order valence-corrected chi connectivity index (χ3v) is 4.76. The number of thiophene rings is 1. The minimum Gasteiger partial charge on any atom is -0.328 e. The zero-order valence-corrected chi connectivity index (χ0v) is 10.4. The summed E-state index contributed by atoms with van der Waals surface area (Å²) in [6, 6.07) is 4.83. The molecule has 0 atom stereocenters. The smallest absolute Gasteiger partial charge is 0.0549 e. The molecule has 0 aliphatic heterocycles. The number of nitrogens with two attached hydrogens (primary N) is 1. The van der Waals surface area contributed by atoms with E-state index in [1.807, 2.05) is 11.3 Å². The highest BCUT2D eigenvalue weighted by atomic mass is 32.1. The van der Waals surface area contributed by atoms with E-state index in [0.29, 0.717) is 6.04 Å². The van der Waals surface area contributed by atoms with E-state index in [2.05, 4.69) is 36.5 Å². The highest BCUT2D eigenvalue weighted by Crippen LogP contribution is 2.42. The number of rotatable bonds is 2. The standard InChI is InChI=1S/C12H20N2S/c1-14(2)12(11-4-3-9-15-11)7-5-10(13)6-8-12/h3-4,9-10H,5-8,13H2,1-2H3. The Morgan fingerprint density at radius 3 is 2.53 bits per heavy atom. The third kappa shape index (κ3) is 1.96. The molecule has 84 valence electrons. The van der Waals surface area contributed by atoms with Gasteiger partial charge in [0.05, 0.1) is 5.54 Å². The van der Waals surface area contributed by atoms with Crippen LogP contribution < -0.4 is 5.73 Å². The molecule has 0 amide bonds. The molecule has 1 fully saturated rings. The van der Waals surface area contributed by atoms with Crippen LogP contribution in [0, 0.1) is 0 Å². The number of hydrogen-bond donors (Lipinski definition) is 1. The quantitative estimate of drug-likeness (QED) is 0.836. The average molecular weight is 224 g/mol. The second kappa shape index (κ2) is 4.24. The molecule has 3 heteroatoms. The molecule has 2 rings (SSSR count). The predicted molar refractivity (Wildman–Crippen MR) is 66.1 cm³/mol. The lowest BCUT2D eigenvalue weighted by molar-refractivity contribution is 0.0955. The average Bonchev–Trinajstić information content (AvgIpc) is 2.72. The topological polar surface area (TPSA) is 29.3 Å². The van der Waals surface area contributed by atoms with E-state index in [4.69, 9.17) is 5.73 Å². The maximum atomic E-state index is 5.99. The van der Waals surface area contributed by atoms with Crippen LogP contribution in [0.4, 0.5) is 0 Å². The van der Waals surface area contributed by atoms with Crippen molar-refractivity contribution < 1.29 is 0 Å². The van der Waals surface area contributed by atoms with Crippen LogP contribution in [0.15, 0.2) is 17.5 Å². The van der Waals surface area contributed by atoms with Gasteiger partial charge < -0.3 is 5.73 Å². The van der Waals surface area contributed by atoms with Crippen molar-refractivity contribution in [2.75, 3.05) is 14.1 Å². The summed E-state index contributed by atoms with van der Waals surface area (Å²) < 4.78 is 0. The van der Waals surface area contributed by atoms with Crippen molar-refractivity contribution in [3.63, 3.8) is 0 Å². The Morgan fingerprint density at radius 2 is 2.07 bits per heavy atom.